The molecule has 0 radical (unpaired) electrons. The molecule has 0 unspecified atom stereocenters. The smallest absolute Gasteiger partial charge is 0.290 e. The first-order valence-corrected chi connectivity index (χ1v) is 6.43. The predicted octanol–water partition coefficient (Wildman–Crippen LogP) is 3.27. The Hall–Kier alpha value is -2.27. The van der Waals surface area contributed by atoms with E-state index >= 15 is 0 Å². The van der Waals surface area contributed by atoms with E-state index in [1.165, 1.54) is 0 Å². The molecule has 2 amide bonds. The molecule has 0 aliphatic carbocycles. The molecule has 1 saturated heterocycles. The van der Waals surface area contributed by atoms with Gasteiger partial charge in [0.25, 0.3) is 11.1 Å². The minimum Gasteiger partial charge on any atom is -0.464 e. The summed E-state index contributed by atoms with van der Waals surface area (Å²) in [5.41, 5.74) is 1.72. The van der Waals surface area contributed by atoms with Gasteiger partial charge in [0.1, 0.15) is 5.76 Å². The lowest BCUT2D eigenvalue weighted by molar-refractivity contribution is -0.115. The SMILES string of the molecule is O=C1NC(=O)/C(=C\c2ccccc2-c2ccco2)S1. The summed E-state index contributed by atoms with van der Waals surface area (Å²) in [7, 11) is 0. The standard InChI is InChI=1S/C14H9NO3S/c16-13-12(19-14(17)15-13)8-9-4-1-2-5-10(9)11-6-3-7-18-11/h1-8H,(H,15,16,17)/b12-8+. The van der Waals surface area contributed by atoms with Gasteiger partial charge in [-0.2, -0.15) is 0 Å². The number of hydrogen-bond acceptors (Lipinski definition) is 4. The fourth-order valence-electron chi connectivity index (χ4n) is 1.84. The second-order valence-corrected chi connectivity index (χ2v) is 4.93. The highest BCUT2D eigenvalue weighted by Gasteiger charge is 2.25. The fraction of sp³-hybridized carbons (Fsp3) is 0. The quantitative estimate of drug-likeness (QED) is 0.852. The second-order valence-electron chi connectivity index (χ2n) is 3.92. The van der Waals surface area contributed by atoms with E-state index in [-0.39, 0.29) is 11.1 Å². The molecule has 2 heterocycles. The van der Waals surface area contributed by atoms with Crippen LogP contribution in [0.1, 0.15) is 5.56 Å². The van der Waals surface area contributed by atoms with Crippen LogP contribution in [-0.4, -0.2) is 11.1 Å². The van der Waals surface area contributed by atoms with Crippen LogP contribution in [0.2, 0.25) is 0 Å². The van der Waals surface area contributed by atoms with Crippen molar-refractivity contribution in [2.24, 2.45) is 0 Å². The van der Waals surface area contributed by atoms with Gasteiger partial charge in [0.05, 0.1) is 11.2 Å². The zero-order valence-electron chi connectivity index (χ0n) is 9.75. The third kappa shape index (κ3) is 2.32. The van der Waals surface area contributed by atoms with Gasteiger partial charge >= 0.3 is 0 Å². The van der Waals surface area contributed by atoms with Crippen molar-refractivity contribution in [3.8, 4) is 11.3 Å². The predicted molar refractivity (Wildman–Crippen MR) is 73.3 cm³/mol. The van der Waals surface area contributed by atoms with Gasteiger partial charge in [-0.1, -0.05) is 24.3 Å². The first kappa shape index (κ1) is 11.8. The Morgan fingerprint density at radius 3 is 2.63 bits per heavy atom. The van der Waals surface area contributed by atoms with E-state index in [1.807, 2.05) is 30.3 Å². The van der Waals surface area contributed by atoms with Crippen LogP contribution < -0.4 is 5.32 Å². The number of furan rings is 1. The van der Waals surface area contributed by atoms with Crippen molar-refractivity contribution in [3.05, 3.63) is 53.1 Å². The number of thioether (sulfide) groups is 1. The van der Waals surface area contributed by atoms with E-state index in [0.717, 1.165) is 28.6 Å². The molecule has 3 rings (SSSR count). The summed E-state index contributed by atoms with van der Waals surface area (Å²) in [6, 6.07) is 11.2. The Balaban J connectivity index is 2.05. The Morgan fingerprint density at radius 2 is 1.95 bits per heavy atom. The molecule has 5 heteroatoms. The largest absolute Gasteiger partial charge is 0.464 e. The number of imide groups is 1. The van der Waals surface area contributed by atoms with Crippen molar-refractivity contribution in [2.75, 3.05) is 0 Å². The molecule has 1 aromatic carbocycles. The summed E-state index contributed by atoms with van der Waals surface area (Å²) in [6.07, 6.45) is 3.29. The maximum Gasteiger partial charge on any atom is 0.290 e. The van der Waals surface area contributed by atoms with E-state index in [9.17, 15) is 9.59 Å². The number of benzene rings is 1. The molecule has 1 fully saturated rings. The van der Waals surface area contributed by atoms with Crippen molar-refractivity contribution in [1.82, 2.24) is 5.32 Å². The first-order chi connectivity index (χ1) is 9.24. The van der Waals surface area contributed by atoms with Crippen molar-refractivity contribution in [3.63, 3.8) is 0 Å². The molecule has 0 saturated carbocycles. The van der Waals surface area contributed by atoms with Gasteiger partial charge in [0.2, 0.25) is 0 Å². The van der Waals surface area contributed by atoms with E-state index in [1.54, 1.807) is 18.4 Å². The van der Waals surface area contributed by atoms with Gasteiger partial charge in [-0.15, -0.1) is 0 Å². The Labute approximate surface area is 113 Å². The molecular weight excluding hydrogens is 262 g/mol. The third-order valence-electron chi connectivity index (χ3n) is 2.68. The molecule has 4 nitrogen and oxygen atoms in total. The zero-order chi connectivity index (χ0) is 13.2. The number of hydrogen-bond donors (Lipinski definition) is 1. The third-order valence-corrected chi connectivity index (χ3v) is 3.49. The van der Waals surface area contributed by atoms with Crippen LogP contribution in [0.5, 0.6) is 0 Å². The number of amides is 2. The molecule has 19 heavy (non-hydrogen) atoms. The van der Waals surface area contributed by atoms with Crippen LogP contribution >= 0.6 is 11.8 Å². The van der Waals surface area contributed by atoms with E-state index in [0.29, 0.717) is 4.91 Å². The maximum atomic E-state index is 11.5. The summed E-state index contributed by atoms with van der Waals surface area (Å²) in [6.45, 7) is 0. The van der Waals surface area contributed by atoms with Crippen molar-refractivity contribution < 1.29 is 14.0 Å². The molecule has 1 aliphatic heterocycles. The first-order valence-electron chi connectivity index (χ1n) is 5.62. The second kappa shape index (κ2) is 4.78. The summed E-state index contributed by atoms with van der Waals surface area (Å²) in [5.74, 6) is 0.367. The van der Waals surface area contributed by atoms with Crippen LogP contribution in [0, 0.1) is 0 Å². The van der Waals surface area contributed by atoms with Gasteiger partial charge in [-0.25, -0.2) is 0 Å². The number of nitrogens with one attached hydrogen (secondary N) is 1. The van der Waals surface area contributed by atoms with Gasteiger partial charge < -0.3 is 4.42 Å². The van der Waals surface area contributed by atoms with E-state index < -0.39 is 0 Å². The molecule has 0 spiro atoms. The van der Waals surface area contributed by atoms with Crippen molar-refractivity contribution >= 4 is 29.0 Å². The number of rotatable bonds is 2. The average Bonchev–Trinajstić information content (AvgIpc) is 3.01. The summed E-state index contributed by atoms with van der Waals surface area (Å²) < 4.78 is 5.37. The zero-order valence-corrected chi connectivity index (χ0v) is 10.6. The number of carbonyl (C=O) groups is 2. The van der Waals surface area contributed by atoms with Gasteiger partial charge in [0.15, 0.2) is 0 Å². The topological polar surface area (TPSA) is 59.3 Å². The fourth-order valence-corrected chi connectivity index (χ4v) is 2.51. The molecule has 0 bridgehead atoms. The molecule has 1 N–H and O–H groups in total. The van der Waals surface area contributed by atoms with Gasteiger partial charge in [0, 0.05) is 5.56 Å². The van der Waals surface area contributed by atoms with Crippen LogP contribution in [0.4, 0.5) is 4.79 Å². The number of carbonyl (C=O) groups excluding carboxylic acids is 2. The van der Waals surface area contributed by atoms with Gasteiger partial charge in [-0.05, 0) is 35.5 Å². The Morgan fingerprint density at radius 1 is 1.11 bits per heavy atom. The highest BCUT2D eigenvalue weighted by Crippen LogP contribution is 2.30. The van der Waals surface area contributed by atoms with E-state index in [4.69, 9.17) is 4.42 Å². The molecule has 2 aromatic rings. The van der Waals surface area contributed by atoms with E-state index in [2.05, 4.69) is 5.32 Å². The molecule has 1 aromatic heterocycles. The normalized spacial score (nSPS) is 16.9. The Kier molecular flexibility index (Phi) is 2.97. The minimum atomic E-state index is -0.357. The molecular formula is C14H9NO3S. The lowest BCUT2D eigenvalue weighted by atomic mass is 10.0. The van der Waals surface area contributed by atoms with Crippen molar-refractivity contribution in [1.29, 1.82) is 0 Å². The summed E-state index contributed by atoms with van der Waals surface area (Å²) in [4.78, 5) is 23.1. The van der Waals surface area contributed by atoms with Crippen LogP contribution in [-0.2, 0) is 4.79 Å². The summed E-state index contributed by atoms with van der Waals surface area (Å²) in [5, 5.41) is 1.89. The maximum absolute atomic E-state index is 11.5. The lowest BCUT2D eigenvalue weighted by Crippen LogP contribution is -2.17. The minimum absolute atomic E-state index is 0.341. The lowest BCUT2D eigenvalue weighted by Gasteiger charge is -2.03. The van der Waals surface area contributed by atoms with Crippen LogP contribution in [0.3, 0.4) is 0 Å². The monoisotopic (exact) mass is 271 g/mol. The molecule has 0 atom stereocenters. The molecule has 94 valence electrons. The van der Waals surface area contributed by atoms with Crippen molar-refractivity contribution in [2.45, 2.75) is 0 Å². The summed E-state index contributed by atoms with van der Waals surface area (Å²) >= 11 is 0.905. The molecule has 1 aliphatic rings. The van der Waals surface area contributed by atoms with Crippen LogP contribution in [0.15, 0.2) is 52.0 Å². The van der Waals surface area contributed by atoms with Crippen LogP contribution in [0.25, 0.3) is 17.4 Å². The Bertz CT molecular complexity index is 674. The average molecular weight is 271 g/mol. The highest BCUT2D eigenvalue weighted by atomic mass is 32.2. The van der Waals surface area contributed by atoms with Gasteiger partial charge in [-0.3, -0.25) is 14.9 Å². The highest BCUT2D eigenvalue weighted by molar-refractivity contribution is 8.18.